The van der Waals surface area contributed by atoms with Crippen molar-refractivity contribution in [3.63, 3.8) is 0 Å². The number of nitrogens with zero attached hydrogens (tertiary/aromatic N) is 1. The smallest absolute Gasteiger partial charge is 0.111 e. The summed E-state index contributed by atoms with van der Waals surface area (Å²) in [4.78, 5) is 8.08. The Bertz CT molecular complexity index is 517. The molecule has 88 valence electrons. The first-order valence-corrected chi connectivity index (χ1v) is 7.18. The van der Waals surface area contributed by atoms with Crippen LogP contribution in [-0.2, 0) is 0 Å². The number of fused-ring (bicyclic) bond motifs is 2. The first-order valence-electron chi connectivity index (χ1n) is 6.23. The van der Waals surface area contributed by atoms with E-state index in [1.807, 2.05) is 6.20 Å². The molecule has 2 bridgehead atoms. The Morgan fingerprint density at radius 2 is 2.35 bits per heavy atom. The maximum atomic E-state index is 4.58. The fraction of sp³-hybridized carbons (Fsp3) is 0.462. The lowest BCUT2D eigenvalue weighted by Gasteiger charge is -2.17. The molecule has 0 spiro atoms. The highest BCUT2D eigenvalue weighted by atomic mass is 32.1. The van der Waals surface area contributed by atoms with E-state index >= 15 is 0 Å². The normalized spacial score (nSPS) is 31.2. The van der Waals surface area contributed by atoms with Crippen LogP contribution in [0.15, 0.2) is 23.0 Å². The van der Waals surface area contributed by atoms with E-state index in [0.717, 1.165) is 11.7 Å². The van der Waals surface area contributed by atoms with Gasteiger partial charge in [0, 0.05) is 28.9 Å². The Kier molecular flexibility index (Phi) is 2.13. The molecule has 0 saturated carbocycles. The Hall–Kier alpha value is -1.13. The van der Waals surface area contributed by atoms with E-state index in [0.29, 0.717) is 12.0 Å². The van der Waals surface area contributed by atoms with Gasteiger partial charge in [-0.1, -0.05) is 0 Å². The van der Waals surface area contributed by atoms with Gasteiger partial charge in [0.1, 0.15) is 5.82 Å². The number of hydrogen-bond donors (Lipinski definition) is 2. The van der Waals surface area contributed by atoms with Crippen molar-refractivity contribution in [2.45, 2.75) is 37.3 Å². The van der Waals surface area contributed by atoms with Crippen LogP contribution < -0.4 is 5.32 Å². The summed E-state index contributed by atoms with van der Waals surface area (Å²) in [5, 5.41) is 7.93. The van der Waals surface area contributed by atoms with Crippen LogP contribution in [0.5, 0.6) is 0 Å². The molecule has 3 unspecified atom stereocenters. The molecule has 2 aromatic rings. The molecule has 0 aromatic carbocycles. The van der Waals surface area contributed by atoms with Gasteiger partial charge in [0.2, 0.25) is 0 Å². The quantitative estimate of drug-likeness (QED) is 0.854. The highest BCUT2D eigenvalue weighted by molar-refractivity contribution is 7.08. The molecule has 4 heteroatoms. The molecule has 2 aliphatic heterocycles. The van der Waals surface area contributed by atoms with Crippen molar-refractivity contribution in [2.75, 3.05) is 0 Å². The number of imidazole rings is 1. The zero-order chi connectivity index (χ0) is 11.2. The summed E-state index contributed by atoms with van der Waals surface area (Å²) in [6, 6.07) is 3.53. The fourth-order valence-electron chi connectivity index (χ4n) is 3.22. The molecule has 2 aliphatic rings. The van der Waals surface area contributed by atoms with E-state index in [4.69, 9.17) is 0 Å². The second-order valence-electron chi connectivity index (χ2n) is 5.08. The van der Waals surface area contributed by atoms with Crippen LogP contribution in [0.25, 0.3) is 11.3 Å². The zero-order valence-electron chi connectivity index (χ0n) is 9.52. The number of thiophene rings is 1. The van der Waals surface area contributed by atoms with E-state index < -0.39 is 0 Å². The molecule has 0 radical (unpaired) electrons. The molecule has 2 aromatic heterocycles. The summed E-state index contributed by atoms with van der Waals surface area (Å²) in [5.41, 5.74) is 2.41. The summed E-state index contributed by atoms with van der Waals surface area (Å²) < 4.78 is 0. The first kappa shape index (κ1) is 9.85. The van der Waals surface area contributed by atoms with Crippen molar-refractivity contribution >= 4 is 11.3 Å². The lowest BCUT2D eigenvalue weighted by Crippen LogP contribution is -2.22. The minimum absolute atomic E-state index is 0.598. The lowest BCUT2D eigenvalue weighted by molar-refractivity contribution is 0.490. The van der Waals surface area contributed by atoms with Gasteiger partial charge in [0.05, 0.1) is 11.9 Å². The van der Waals surface area contributed by atoms with Crippen LogP contribution in [0.3, 0.4) is 0 Å². The summed E-state index contributed by atoms with van der Waals surface area (Å²) in [5.74, 6) is 1.77. The zero-order valence-corrected chi connectivity index (χ0v) is 10.3. The van der Waals surface area contributed by atoms with Crippen LogP contribution in [0, 0.1) is 0 Å². The third-order valence-electron chi connectivity index (χ3n) is 4.08. The Morgan fingerprint density at radius 1 is 1.35 bits per heavy atom. The van der Waals surface area contributed by atoms with Gasteiger partial charge in [-0.25, -0.2) is 4.98 Å². The molecule has 4 heterocycles. The number of hydrogen-bond acceptors (Lipinski definition) is 3. The average Bonchev–Trinajstić information content (AvgIpc) is 3.12. The highest BCUT2D eigenvalue weighted by Crippen LogP contribution is 2.39. The predicted molar refractivity (Wildman–Crippen MR) is 69.2 cm³/mol. The number of nitrogens with one attached hydrogen (secondary N) is 2. The van der Waals surface area contributed by atoms with Gasteiger partial charge in [0.15, 0.2) is 0 Å². The molecule has 3 nitrogen and oxygen atoms in total. The van der Waals surface area contributed by atoms with Crippen molar-refractivity contribution in [2.24, 2.45) is 0 Å². The summed E-state index contributed by atoms with van der Waals surface area (Å²) in [6.07, 6.45) is 5.88. The van der Waals surface area contributed by atoms with Crippen LogP contribution in [0.4, 0.5) is 0 Å². The summed E-state index contributed by atoms with van der Waals surface area (Å²) >= 11 is 1.73. The summed E-state index contributed by atoms with van der Waals surface area (Å²) in [6.45, 7) is 0. The molecular weight excluding hydrogens is 230 g/mol. The van der Waals surface area contributed by atoms with Crippen molar-refractivity contribution in [3.8, 4) is 11.3 Å². The minimum atomic E-state index is 0.598. The second-order valence-corrected chi connectivity index (χ2v) is 5.86. The molecule has 0 aliphatic carbocycles. The minimum Gasteiger partial charge on any atom is -0.342 e. The van der Waals surface area contributed by atoms with E-state index in [2.05, 4.69) is 32.1 Å². The third-order valence-corrected chi connectivity index (χ3v) is 4.76. The highest BCUT2D eigenvalue weighted by Gasteiger charge is 2.41. The monoisotopic (exact) mass is 245 g/mol. The first-order chi connectivity index (χ1) is 8.40. The molecule has 0 amide bonds. The number of aromatic amines is 1. The Labute approximate surface area is 104 Å². The topological polar surface area (TPSA) is 40.7 Å². The van der Waals surface area contributed by atoms with Crippen molar-refractivity contribution in [3.05, 3.63) is 28.8 Å². The molecule has 2 fully saturated rings. The standard InChI is InChI=1S/C13H15N3S/c1-2-11-10(5-9(1)15-11)13-14-6-12(16-13)8-3-4-17-7-8/h3-4,6-7,9-11,15H,1-2,5H2,(H,14,16). The maximum absolute atomic E-state index is 4.58. The van der Waals surface area contributed by atoms with Gasteiger partial charge < -0.3 is 10.3 Å². The summed E-state index contributed by atoms with van der Waals surface area (Å²) in [7, 11) is 0. The van der Waals surface area contributed by atoms with Crippen LogP contribution in [0.1, 0.15) is 31.0 Å². The van der Waals surface area contributed by atoms with Crippen molar-refractivity contribution in [1.29, 1.82) is 0 Å². The molecule has 17 heavy (non-hydrogen) atoms. The number of aromatic nitrogens is 2. The van der Waals surface area contributed by atoms with Crippen LogP contribution >= 0.6 is 11.3 Å². The second kappa shape index (κ2) is 3.68. The van der Waals surface area contributed by atoms with Gasteiger partial charge in [-0.2, -0.15) is 11.3 Å². The lowest BCUT2D eigenvalue weighted by atomic mass is 9.89. The third kappa shape index (κ3) is 1.55. The van der Waals surface area contributed by atoms with Gasteiger partial charge in [0.25, 0.3) is 0 Å². The van der Waals surface area contributed by atoms with E-state index in [1.165, 1.54) is 30.7 Å². The average molecular weight is 245 g/mol. The maximum Gasteiger partial charge on any atom is 0.111 e. The molecule has 2 N–H and O–H groups in total. The van der Waals surface area contributed by atoms with E-state index in [1.54, 1.807) is 11.3 Å². The fourth-order valence-corrected chi connectivity index (χ4v) is 3.87. The Balaban J connectivity index is 1.63. The van der Waals surface area contributed by atoms with E-state index in [9.17, 15) is 0 Å². The SMILES string of the molecule is c1cc(-c2cnc(C3CC4CCC3N4)[nH]2)cs1. The number of H-pyrrole nitrogens is 1. The van der Waals surface area contributed by atoms with Gasteiger partial charge in [-0.05, 0) is 30.7 Å². The van der Waals surface area contributed by atoms with Gasteiger partial charge in [-0.3, -0.25) is 0 Å². The molecule has 3 atom stereocenters. The Morgan fingerprint density at radius 3 is 3.06 bits per heavy atom. The van der Waals surface area contributed by atoms with Crippen LogP contribution in [-0.4, -0.2) is 22.1 Å². The van der Waals surface area contributed by atoms with Crippen LogP contribution in [0.2, 0.25) is 0 Å². The van der Waals surface area contributed by atoms with Gasteiger partial charge >= 0.3 is 0 Å². The van der Waals surface area contributed by atoms with E-state index in [-0.39, 0.29) is 0 Å². The number of rotatable bonds is 2. The van der Waals surface area contributed by atoms with Crippen molar-refractivity contribution < 1.29 is 0 Å². The molecule has 4 rings (SSSR count). The predicted octanol–water partition coefficient (Wildman–Crippen LogP) is 2.75. The largest absolute Gasteiger partial charge is 0.342 e. The molecular formula is C13H15N3S. The molecule has 2 saturated heterocycles. The van der Waals surface area contributed by atoms with Crippen molar-refractivity contribution in [1.82, 2.24) is 15.3 Å². The van der Waals surface area contributed by atoms with Gasteiger partial charge in [-0.15, -0.1) is 0 Å².